The fraction of sp³-hybridized carbons (Fsp3) is 0.514. The van der Waals surface area contributed by atoms with E-state index in [2.05, 4.69) is 15.6 Å². The van der Waals surface area contributed by atoms with Crippen LogP contribution < -0.4 is 15.4 Å². The molecule has 2 aliphatic carbocycles. The number of piperidine rings is 1. The molecule has 3 aromatic rings. The van der Waals surface area contributed by atoms with Crippen LogP contribution in [0.5, 0.6) is 5.75 Å². The van der Waals surface area contributed by atoms with Crippen molar-refractivity contribution in [3.8, 4) is 16.9 Å². The molecule has 2 amide bonds. The minimum atomic E-state index is -3.92. The van der Waals surface area contributed by atoms with Gasteiger partial charge in [-0.2, -0.15) is 4.31 Å². The number of nitrogens with one attached hydrogen (secondary N) is 2. The molecule has 3 fully saturated rings. The third kappa shape index (κ3) is 9.47. The number of aliphatic hydroxyl groups excluding tert-OH is 5. The van der Waals surface area contributed by atoms with Gasteiger partial charge >= 0.3 is 6.03 Å². The van der Waals surface area contributed by atoms with E-state index < -0.39 is 59.2 Å². The minimum Gasteiger partial charge on any atom is -0.490 e. The number of carbonyl (C=O) groups is 1. The lowest BCUT2D eigenvalue weighted by Gasteiger charge is -2.32. The molecule has 0 bridgehead atoms. The molecular weight excluding hydrogens is 728 g/mol. The maximum atomic E-state index is 13.9. The zero-order chi connectivity index (χ0) is 37.8. The Hall–Kier alpha value is -3.38. The van der Waals surface area contributed by atoms with E-state index in [0.717, 1.165) is 48.1 Å². The molecule has 0 spiro atoms. The fourth-order valence-corrected chi connectivity index (χ4v) is 8.31. The summed E-state index contributed by atoms with van der Waals surface area (Å²) in [5.41, 5.74) is 2.84. The molecule has 1 aliphatic heterocycles. The van der Waals surface area contributed by atoms with Crippen molar-refractivity contribution >= 4 is 27.7 Å². The number of rotatable bonds is 17. The number of hydrogen-bond acceptors (Lipinski definition) is 11. The second-order valence-electron chi connectivity index (χ2n) is 14.0. The summed E-state index contributed by atoms with van der Waals surface area (Å²) in [7, 11) is -3.92. The average molecular weight is 775 g/mol. The molecule has 2 aromatic carbocycles. The van der Waals surface area contributed by atoms with E-state index in [1.807, 2.05) is 36.5 Å². The number of benzene rings is 2. The third-order valence-electron chi connectivity index (χ3n) is 10.0. The number of aliphatic hydroxyl groups is 5. The Kier molecular flexibility index (Phi) is 12.6. The summed E-state index contributed by atoms with van der Waals surface area (Å²) < 4.78 is 41.9. The quantitative estimate of drug-likeness (QED) is 0.106. The molecule has 16 heteroatoms. The minimum absolute atomic E-state index is 0.0884. The first kappa shape index (κ1) is 39.3. The Balaban J connectivity index is 1.06. The Morgan fingerprint density at radius 3 is 2.49 bits per heavy atom. The predicted octanol–water partition coefficient (Wildman–Crippen LogP) is 2.28. The van der Waals surface area contributed by atoms with Crippen molar-refractivity contribution in [1.29, 1.82) is 0 Å². The van der Waals surface area contributed by atoms with Crippen molar-refractivity contribution in [3.63, 3.8) is 0 Å². The van der Waals surface area contributed by atoms with Gasteiger partial charge < -0.3 is 45.6 Å². The lowest BCUT2D eigenvalue weighted by molar-refractivity contribution is -0.113. The van der Waals surface area contributed by atoms with E-state index >= 15 is 0 Å². The van der Waals surface area contributed by atoms with E-state index in [1.165, 1.54) is 10.4 Å². The van der Waals surface area contributed by atoms with E-state index in [1.54, 1.807) is 18.3 Å². The van der Waals surface area contributed by atoms with Crippen LogP contribution in [0.1, 0.15) is 49.7 Å². The first-order chi connectivity index (χ1) is 25.4. The molecule has 6 rings (SSSR count). The SMILES string of the molecule is O=C(NCC1CCCN(S(=O)(=O)c2ccc(Cl)c(COC3(c4cnccc4-c4ccccc4OC4CC4)CC3)c2)C1)NCC(O)C(O)C(O)C(O)CO. The number of para-hydroxylation sites is 1. The summed E-state index contributed by atoms with van der Waals surface area (Å²) >= 11 is 6.60. The molecule has 1 saturated heterocycles. The van der Waals surface area contributed by atoms with Crippen LogP contribution in [0.4, 0.5) is 4.79 Å². The van der Waals surface area contributed by atoms with Crippen LogP contribution in [0.25, 0.3) is 11.1 Å². The largest absolute Gasteiger partial charge is 0.490 e. The standard InChI is InChI=1S/C37H47ClN4O10S/c38-30-10-9-26(53(49,50)42-15-3-4-23(20-42)17-40-36(48)41-19-31(44)34(46)35(47)32(45)21-43)16-24(30)22-51-37(12-13-37)29-18-39-14-11-27(29)28-5-1-2-6-33(28)52-25-7-8-25/h1-2,5-6,9-11,14,16,18,23,25,31-32,34-35,43-47H,3-4,7-8,12-13,15,17,19-22H2,(H2,40,41,48). The Morgan fingerprint density at radius 1 is 1.00 bits per heavy atom. The van der Waals surface area contributed by atoms with Gasteiger partial charge in [0, 0.05) is 54.7 Å². The smallest absolute Gasteiger partial charge is 0.314 e. The van der Waals surface area contributed by atoms with Crippen LogP contribution in [0, 0.1) is 5.92 Å². The molecule has 0 radical (unpaired) electrons. The summed E-state index contributed by atoms with van der Waals surface area (Å²) in [6.07, 6.45) is 1.83. The van der Waals surface area contributed by atoms with Crippen LogP contribution in [0.2, 0.25) is 5.02 Å². The number of carbonyl (C=O) groups excluding carboxylic acids is 1. The number of urea groups is 1. The topological polar surface area (TPSA) is 211 Å². The maximum Gasteiger partial charge on any atom is 0.314 e. The zero-order valence-corrected chi connectivity index (χ0v) is 30.8. The Bertz CT molecular complexity index is 1840. The fourth-order valence-electron chi connectivity index (χ4n) is 6.53. The summed E-state index contributed by atoms with van der Waals surface area (Å²) in [4.78, 5) is 16.9. The van der Waals surface area contributed by atoms with Gasteiger partial charge in [0.05, 0.1) is 35.9 Å². The van der Waals surface area contributed by atoms with Gasteiger partial charge in [0.15, 0.2) is 0 Å². The van der Waals surface area contributed by atoms with Crippen molar-refractivity contribution in [2.45, 2.75) is 86.1 Å². The molecule has 53 heavy (non-hydrogen) atoms. The molecule has 14 nitrogen and oxygen atoms in total. The van der Waals surface area contributed by atoms with Crippen molar-refractivity contribution in [2.24, 2.45) is 5.92 Å². The number of hydrogen-bond donors (Lipinski definition) is 7. The van der Waals surface area contributed by atoms with E-state index in [4.69, 9.17) is 26.2 Å². The molecular formula is C37H47ClN4O10S. The van der Waals surface area contributed by atoms with Gasteiger partial charge in [-0.25, -0.2) is 13.2 Å². The third-order valence-corrected chi connectivity index (χ3v) is 12.2. The Morgan fingerprint density at radius 2 is 1.75 bits per heavy atom. The van der Waals surface area contributed by atoms with Crippen molar-refractivity contribution in [1.82, 2.24) is 19.9 Å². The van der Waals surface area contributed by atoms with Gasteiger partial charge in [-0.15, -0.1) is 0 Å². The summed E-state index contributed by atoms with van der Waals surface area (Å²) in [6, 6.07) is 13.9. The number of halogens is 1. The van der Waals surface area contributed by atoms with E-state index in [9.17, 15) is 33.6 Å². The molecule has 2 saturated carbocycles. The number of pyridine rings is 1. The second kappa shape index (κ2) is 17.0. The number of ether oxygens (including phenoxy) is 2. The van der Waals surface area contributed by atoms with Gasteiger partial charge in [0.25, 0.3) is 0 Å². The Labute approximate surface area is 313 Å². The molecule has 5 unspecified atom stereocenters. The van der Waals surface area contributed by atoms with Crippen LogP contribution in [0.3, 0.4) is 0 Å². The summed E-state index contributed by atoms with van der Waals surface area (Å²) in [6.45, 7) is -0.540. The monoisotopic (exact) mass is 774 g/mol. The molecule has 2 heterocycles. The number of aromatic nitrogens is 1. The molecule has 288 valence electrons. The van der Waals surface area contributed by atoms with Crippen LogP contribution >= 0.6 is 11.6 Å². The van der Waals surface area contributed by atoms with Crippen molar-refractivity contribution < 1.29 is 48.2 Å². The second-order valence-corrected chi connectivity index (χ2v) is 16.4. The lowest BCUT2D eigenvalue weighted by atomic mass is 9.96. The van der Waals surface area contributed by atoms with E-state index in [0.29, 0.717) is 30.0 Å². The average Bonchev–Trinajstić information content (AvgIpc) is 4.13. The summed E-state index contributed by atoms with van der Waals surface area (Å²) in [5.74, 6) is 0.628. The van der Waals surface area contributed by atoms with Gasteiger partial charge in [0.2, 0.25) is 10.0 Å². The van der Waals surface area contributed by atoms with Crippen LogP contribution in [0.15, 0.2) is 65.8 Å². The number of sulfonamides is 1. The predicted molar refractivity (Wildman–Crippen MR) is 194 cm³/mol. The van der Waals surface area contributed by atoms with Crippen LogP contribution in [-0.4, -0.2) is 113 Å². The van der Waals surface area contributed by atoms with Crippen LogP contribution in [-0.2, 0) is 27.0 Å². The highest BCUT2D eigenvalue weighted by molar-refractivity contribution is 7.89. The number of amides is 2. The lowest BCUT2D eigenvalue weighted by Crippen LogP contribution is -2.51. The molecule has 5 atom stereocenters. The van der Waals surface area contributed by atoms with E-state index in [-0.39, 0.29) is 36.6 Å². The van der Waals surface area contributed by atoms with Gasteiger partial charge in [-0.05, 0) is 85.9 Å². The van der Waals surface area contributed by atoms with Crippen molar-refractivity contribution in [2.75, 3.05) is 32.8 Å². The van der Waals surface area contributed by atoms with Gasteiger partial charge in [-0.1, -0.05) is 29.8 Å². The number of nitrogens with zero attached hydrogens (tertiary/aromatic N) is 2. The normalized spacial score (nSPS) is 20.9. The highest BCUT2D eigenvalue weighted by atomic mass is 35.5. The zero-order valence-electron chi connectivity index (χ0n) is 29.2. The van der Waals surface area contributed by atoms with Crippen molar-refractivity contribution in [3.05, 3.63) is 77.1 Å². The molecule has 7 N–H and O–H groups in total. The first-order valence-electron chi connectivity index (χ1n) is 17.9. The van der Waals surface area contributed by atoms with Gasteiger partial charge in [0.1, 0.15) is 24.1 Å². The van der Waals surface area contributed by atoms with Gasteiger partial charge in [-0.3, -0.25) is 4.98 Å². The summed E-state index contributed by atoms with van der Waals surface area (Å²) in [5, 5.41) is 53.5. The highest BCUT2D eigenvalue weighted by Gasteiger charge is 2.48. The molecule has 1 aromatic heterocycles. The highest BCUT2D eigenvalue weighted by Crippen LogP contribution is 2.53. The molecule has 3 aliphatic rings. The first-order valence-corrected chi connectivity index (χ1v) is 19.7. The maximum absolute atomic E-state index is 13.9.